The highest BCUT2D eigenvalue weighted by Crippen LogP contribution is 2.32. The molecule has 1 atom stereocenters. The van der Waals surface area contributed by atoms with Gasteiger partial charge in [0.25, 0.3) is 5.91 Å². The molecular formula is C23H18ClN3O2. The quantitative estimate of drug-likeness (QED) is 0.613. The van der Waals surface area contributed by atoms with Crippen molar-refractivity contribution in [3.05, 3.63) is 94.5 Å². The van der Waals surface area contributed by atoms with Gasteiger partial charge in [0.15, 0.2) is 0 Å². The molecule has 0 radical (unpaired) electrons. The molecule has 3 aromatic carbocycles. The molecule has 1 unspecified atom stereocenters. The van der Waals surface area contributed by atoms with Crippen LogP contribution in [-0.4, -0.2) is 11.8 Å². The Hall–Kier alpha value is -3.62. The Balaban J connectivity index is 1.75. The van der Waals surface area contributed by atoms with E-state index in [-0.39, 0.29) is 11.8 Å². The van der Waals surface area contributed by atoms with Gasteiger partial charge in [0.2, 0.25) is 5.91 Å². The number of rotatable bonds is 5. The van der Waals surface area contributed by atoms with Crippen molar-refractivity contribution in [2.24, 2.45) is 0 Å². The Morgan fingerprint density at radius 2 is 1.59 bits per heavy atom. The molecule has 3 rings (SSSR count). The zero-order chi connectivity index (χ0) is 20.8. The van der Waals surface area contributed by atoms with Crippen LogP contribution < -0.4 is 10.6 Å². The fraction of sp³-hybridized carbons (Fsp3) is 0.0870. The largest absolute Gasteiger partial charge is 0.326 e. The van der Waals surface area contributed by atoms with Gasteiger partial charge in [-0.1, -0.05) is 48.0 Å². The van der Waals surface area contributed by atoms with Crippen LogP contribution in [0.1, 0.15) is 34.3 Å². The lowest BCUT2D eigenvalue weighted by Crippen LogP contribution is -2.12. The van der Waals surface area contributed by atoms with E-state index in [1.54, 1.807) is 42.5 Å². The van der Waals surface area contributed by atoms with E-state index >= 15 is 0 Å². The fourth-order valence-electron chi connectivity index (χ4n) is 2.92. The van der Waals surface area contributed by atoms with Gasteiger partial charge in [-0.15, -0.1) is 0 Å². The van der Waals surface area contributed by atoms with Crippen molar-refractivity contribution in [1.82, 2.24) is 0 Å². The summed E-state index contributed by atoms with van der Waals surface area (Å²) in [6, 6.07) is 23.3. The van der Waals surface area contributed by atoms with Gasteiger partial charge in [0, 0.05) is 28.9 Å². The van der Waals surface area contributed by atoms with Gasteiger partial charge in [-0.2, -0.15) is 5.26 Å². The summed E-state index contributed by atoms with van der Waals surface area (Å²) in [6.07, 6.45) is 0. The highest BCUT2D eigenvalue weighted by atomic mass is 35.5. The number of amides is 2. The van der Waals surface area contributed by atoms with Crippen molar-refractivity contribution < 1.29 is 9.59 Å². The zero-order valence-corrected chi connectivity index (χ0v) is 16.4. The summed E-state index contributed by atoms with van der Waals surface area (Å²) < 4.78 is 0. The summed E-state index contributed by atoms with van der Waals surface area (Å²) in [4.78, 5) is 23.5. The number of halogens is 1. The van der Waals surface area contributed by atoms with Crippen LogP contribution in [0.2, 0.25) is 5.02 Å². The molecule has 0 aliphatic rings. The monoisotopic (exact) mass is 403 g/mol. The van der Waals surface area contributed by atoms with Gasteiger partial charge in [0.05, 0.1) is 12.0 Å². The molecule has 0 aliphatic carbocycles. The number of carbonyl (C=O) groups is 2. The van der Waals surface area contributed by atoms with Crippen LogP contribution in [0, 0.1) is 11.3 Å². The summed E-state index contributed by atoms with van der Waals surface area (Å²) in [6.45, 7) is 1.42. The highest BCUT2D eigenvalue weighted by Gasteiger charge is 2.17. The number of nitrogens with one attached hydrogen (secondary N) is 2. The average Bonchev–Trinajstić information content (AvgIpc) is 2.71. The minimum Gasteiger partial charge on any atom is -0.326 e. The van der Waals surface area contributed by atoms with E-state index < -0.39 is 5.92 Å². The maximum atomic E-state index is 12.5. The molecule has 0 saturated heterocycles. The molecule has 0 fully saturated rings. The summed E-state index contributed by atoms with van der Waals surface area (Å²) in [5, 5.41) is 15.4. The second kappa shape index (κ2) is 9.05. The SMILES string of the molecule is CC(=O)Nc1ccc(C(=O)Nc2ccc(C(C#N)c3ccccc3)c(Cl)c2)cc1. The third-order valence-corrected chi connectivity index (χ3v) is 4.63. The van der Waals surface area contributed by atoms with Crippen LogP contribution in [0.5, 0.6) is 0 Å². The number of benzene rings is 3. The molecule has 0 aliphatic heterocycles. The Bertz CT molecular complexity index is 1070. The number of hydrogen-bond donors (Lipinski definition) is 2. The Kier molecular flexibility index (Phi) is 6.28. The maximum Gasteiger partial charge on any atom is 0.255 e. The molecule has 0 saturated carbocycles. The van der Waals surface area contributed by atoms with Gasteiger partial charge >= 0.3 is 0 Å². The lowest BCUT2D eigenvalue weighted by Gasteiger charge is -2.13. The zero-order valence-electron chi connectivity index (χ0n) is 15.6. The smallest absolute Gasteiger partial charge is 0.255 e. The second-order valence-corrected chi connectivity index (χ2v) is 6.83. The van der Waals surface area contributed by atoms with Crippen molar-refractivity contribution in [1.29, 1.82) is 5.26 Å². The molecule has 0 aromatic heterocycles. The van der Waals surface area contributed by atoms with Gasteiger partial charge in [0.1, 0.15) is 0 Å². The fourth-order valence-corrected chi connectivity index (χ4v) is 3.21. The van der Waals surface area contributed by atoms with E-state index in [0.29, 0.717) is 27.5 Å². The number of nitriles is 1. The number of hydrogen-bond acceptors (Lipinski definition) is 3. The molecule has 5 nitrogen and oxygen atoms in total. The molecule has 6 heteroatoms. The normalized spacial score (nSPS) is 11.2. The molecule has 0 bridgehead atoms. The number of carbonyl (C=O) groups excluding carboxylic acids is 2. The highest BCUT2D eigenvalue weighted by molar-refractivity contribution is 6.32. The molecule has 29 heavy (non-hydrogen) atoms. The molecule has 2 amide bonds. The molecule has 2 N–H and O–H groups in total. The minimum absolute atomic E-state index is 0.178. The van der Waals surface area contributed by atoms with Crippen molar-refractivity contribution in [2.75, 3.05) is 10.6 Å². The first-order valence-electron chi connectivity index (χ1n) is 8.91. The lowest BCUT2D eigenvalue weighted by atomic mass is 9.92. The topological polar surface area (TPSA) is 82.0 Å². The van der Waals surface area contributed by atoms with Crippen LogP contribution >= 0.6 is 11.6 Å². The first-order valence-corrected chi connectivity index (χ1v) is 9.28. The first-order chi connectivity index (χ1) is 14.0. The van der Waals surface area contributed by atoms with E-state index in [4.69, 9.17) is 11.6 Å². The molecule has 0 spiro atoms. The molecular weight excluding hydrogens is 386 g/mol. The van der Waals surface area contributed by atoms with E-state index in [1.165, 1.54) is 6.92 Å². The predicted octanol–water partition coefficient (Wildman–Crippen LogP) is 5.21. The minimum atomic E-state index is -0.491. The third kappa shape index (κ3) is 5.01. The van der Waals surface area contributed by atoms with E-state index in [1.807, 2.05) is 30.3 Å². The maximum absolute atomic E-state index is 12.5. The Morgan fingerprint density at radius 1 is 0.931 bits per heavy atom. The van der Waals surface area contributed by atoms with Gasteiger partial charge in [-0.3, -0.25) is 9.59 Å². The van der Waals surface area contributed by atoms with Crippen LogP contribution in [0.4, 0.5) is 11.4 Å². The number of anilines is 2. The van der Waals surface area contributed by atoms with Crippen LogP contribution in [0.25, 0.3) is 0 Å². The van der Waals surface area contributed by atoms with E-state index in [2.05, 4.69) is 16.7 Å². The molecule has 3 aromatic rings. The van der Waals surface area contributed by atoms with Gasteiger partial charge in [-0.05, 0) is 47.5 Å². The first kappa shape index (κ1) is 20.1. The van der Waals surface area contributed by atoms with Crippen molar-refractivity contribution in [3.8, 4) is 6.07 Å². The summed E-state index contributed by atoms with van der Waals surface area (Å²) >= 11 is 6.41. The van der Waals surface area contributed by atoms with Gasteiger partial charge < -0.3 is 10.6 Å². The summed E-state index contributed by atoms with van der Waals surface area (Å²) in [5.41, 5.74) is 3.12. The van der Waals surface area contributed by atoms with Crippen molar-refractivity contribution >= 4 is 34.8 Å². The standard InChI is InChI=1S/C23H18ClN3O2/c1-15(28)26-18-9-7-17(8-10-18)23(29)27-19-11-12-20(22(24)13-19)21(14-25)16-5-3-2-4-6-16/h2-13,21H,1H3,(H,26,28)(H,27,29). The van der Waals surface area contributed by atoms with Crippen molar-refractivity contribution in [2.45, 2.75) is 12.8 Å². The Labute approximate surface area is 173 Å². The van der Waals surface area contributed by atoms with E-state index in [0.717, 1.165) is 5.56 Å². The second-order valence-electron chi connectivity index (χ2n) is 6.42. The summed E-state index contributed by atoms with van der Waals surface area (Å²) in [7, 11) is 0. The number of nitrogens with zero attached hydrogens (tertiary/aromatic N) is 1. The third-order valence-electron chi connectivity index (χ3n) is 4.30. The average molecular weight is 404 g/mol. The van der Waals surface area contributed by atoms with Crippen LogP contribution in [0.3, 0.4) is 0 Å². The van der Waals surface area contributed by atoms with Gasteiger partial charge in [-0.25, -0.2) is 0 Å². The summed E-state index contributed by atoms with van der Waals surface area (Å²) in [5.74, 6) is -0.971. The molecule has 0 heterocycles. The van der Waals surface area contributed by atoms with Crippen LogP contribution in [-0.2, 0) is 4.79 Å². The predicted molar refractivity (Wildman–Crippen MR) is 114 cm³/mol. The van der Waals surface area contributed by atoms with E-state index in [9.17, 15) is 14.9 Å². The molecule has 144 valence electrons. The van der Waals surface area contributed by atoms with Crippen molar-refractivity contribution in [3.63, 3.8) is 0 Å². The van der Waals surface area contributed by atoms with Crippen LogP contribution in [0.15, 0.2) is 72.8 Å². The Morgan fingerprint density at radius 3 is 2.17 bits per heavy atom. The lowest BCUT2D eigenvalue weighted by molar-refractivity contribution is -0.114.